The van der Waals surface area contributed by atoms with Crippen LogP contribution in [0, 0.1) is 0 Å². The number of amides is 1. The molecular formula is C20H23F3N3O5P. The van der Waals surface area contributed by atoms with Crippen molar-refractivity contribution in [3.8, 4) is 11.1 Å². The first-order valence-electron chi connectivity index (χ1n) is 9.86. The molecule has 1 fully saturated rings. The van der Waals surface area contributed by atoms with Crippen molar-refractivity contribution >= 4 is 13.7 Å². The van der Waals surface area contributed by atoms with Crippen molar-refractivity contribution in [2.24, 2.45) is 0 Å². The molecule has 1 saturated heterocycles. The summed E-state index contributed by atoms with van der Waals surface area (Å²) in [5.41, 5.74) is 2.52. The summed E-state index contributed by atoms with van der Waals surface area (Å²) in [6.07, 6.45) is -1.31. The van der Waals surface area contributed by atoms with Crippen molar-refractivity contribution in [3.63, 3.8) is 0 Å². The number of nitrogens with zero attached hydrogens (tertiary/aromatic N) is 1. The summed E-state index contributed by atoms with van der Waals surface area (Å²) >= 11 is 0. The van der Waals surface area contributed by atoms with Crippen LogP contribution in [0.1, 0.15) is 36.2 Å². The molecule has 4 N–H and O–H groups in total. The lowest BCUT2D eigenvalue weighted by molar-refractivity contribution is -0.133. The van der Waals surface area contributed by atoms with E-state index in [1.165, 1.54) is 12.1 Å². The van der Waals surface area contributed by atoms with Gasteiger partial charge in [0, 0.05) is 17.8 Å². The number of carbonyl (C=O) groups excluding carboxylic acids is 1. The highest BCUT2D eigenvalue weighted by atomic mass is 31.2. The largest absolute Gasteiger partial charge is 0.470 e. The van der Waals surface area contributed by atoms with Gasteiger partial charge in [-0.05, 0) is 36.6 Å². The molecule has 1 aromatic heterocycles. The highest BCUT2D eigenvalue weighted by Crippen LogP contribution is 2.44. The molecule has 0 radical (unpaired) electrons. The molecule has 0 bridgehead atoms. The first kappa shape index (κ1) is 24.3. The van der Waals surface area contributed by atoms with E-state index >= 15 is 0 Å². The van der Waals surface area contributed by atoms with Gasteiger partial charge < -0.3 is 20.4 Å². The Morgan fingerprint density at radius 2 is 1.91 bits per heavy atom. The molecule has 3 atom stereocenters. The zero-order valence-electron chi connectivity index (χ0n) is 16.8. The number of phosphoric acid groups is 1. The number of hydrogen-bond donors (Lipinski definition) is 4. The Balaban J connectivity index is 1.81. The maximum atomic E-state index is 13.5. The summed E-state index contributed by atoms with van der Waals surface area (Å²) in [4.78, 5) is 34.1. The summed E-state index contributed by atoms with van der Waals surface area (Å²) in [7, 11) is -5.13. The minimum Gasteiger partial charge on any atom is -0.343 e. The second-order valence-corrected chi connectivity index (χ2v) is 8.52. The SMILES string of the molecule is O=C(N[C@H](CF)[C@H](OP(=O)(O)O)c1ccc(-c2ccc(C3CCCN3)nc2)cc1)C(F)F. The molecule has 1 aliphatic heterocycles. The Bertz CT molecular complexity index is 950. The Hall–Kier alpha value is -2.30. The molecule has 32 heavy (non-hydrogen) atoms. The molecule has 0 spiro atoms. The minimum absolute atomic E-state index is 0.0917. The molecule has 0 saturated carbocycles. The highest BCUT2D eigenvalue weighted by molar-refractivity contribution is 7.46. The van der Waals surface area contributed by atoms with Gasteiger partial charge >= 0.3 is 14.2 Å². The number of pyridine rings is 1. The van der Waals surface area contributed by atoms with Crippen LogP contribution in [0.15, 0.2) is 42.6 Å². The van der Waals surface area contributed by atoms with Gasteiger partial charge in [0.1, 0.15) is 12.8 Å². The molecular weight excluding hydrogens is 450 g/mol. The molecule has 12 heteroatoms. The zero-order valence-corrected chi connectivity index (χ0v) is 17.7. The van der Waals surface area contributed by atoms with Crippen LogP contribution in [0.25, 0.3) is 11.1 Å². The monoisotopic (exact) mass is 473 g/mol. The van der Waals surface area contributed by atoms with E-state index in [1.807, 2.05) is 12.1 Å². The Kier molecular flexibility index (Phi) is 8.02. The van der Waals surface area contributed by atoms with Crippen LogP contribution in [0.2, 0.25) is 0 Å². The molecule has 1 aliphatic rings. The van der Waals surface area contributed by atoms with E-state index in [4.69, 9.17) is 0 Å². The predicted molar refractivity (Wildman–Crippen MR) is 109 cm³/mol. The standard InChI is InChI=1S/C20H23F3N3O5P/c21-10-17(26-20(27)19(22)23)18(31-32(28,29)30)13-5-3-12(4-6-13)14-7-8-16(25-11-14)15-2-1-9-24-15/h3-8,11,15,17-19,24H,1-2,9-10H2,(H,26,27)(H2,28,29,30)/t15?,17-,18-/m1/s1. The maximum absolute atomic E-state index is 13.5. The van der Waals surface area contributed by atoms with E-state index in [-0.39, 0.29) is 11.6 Å². The normalized spacial score (nSPS) is 18.5. The van der Waals surface area contributed by atoms with Gasteiger partial charge in [-0.3, -0.25) is 14.3 Å². The third kappa shape index (κ3) is 6.36. The lowest BCUT2D eigenvalue weighted by Crippen LogP contribution is -2.44. The van der Waals surface area contributed by atoms with Crippen molar-refractivity contribution in [2.75, 3.05) is 13.2 Å². The number of hydrogen-bond acceptors (Lipinski definition) is 5. The lowest BCUT2D eigenvalue weighted by Gasteiger charge is -2.26. The van der Waals surface area contributed by atoms with Crippen molar-refractivity contribution in [1.29, 1.82) is 0 Å². The van der Waals surface area contributed by atoms with Gasteiger partial charge in [-0.25, -0.2) is 8.96 Å². The molecule has 1 unspecified atom stereocenters. The maximum Gasteiger partial charge on any atom is 0.470 e. The van der Waals surface area contributed by atoms with Gasteiger partial charge in [0.15, 0.2) is 0 Å². The van der Waals surface area contributed by atoms with Crippen LogP contribution in [0.3, 0.4) is 0 Å². The van der Waals surface area contributed by atoms with Crippen LogP contribution in [-0.4, -0.2) is 46.4 Å². The number of benzene rings is 1. The molecule has 1 amide bonds. The lowest BCUT2D eigenvalue weighted by atomic mass is 9.99. The van der Waals surface area contributed by atoms with Crippen molar-refractivity contribution in [3.05, 3.63) is 53.9 Å². The fourth-order valence-electron chi connectivity index (χ4n) is 3.54. The highest BCUT2D eigenvalue weighted by Gasteiger charge is 2.33. The van der Waals surface area contributed by atoms with E-state index in [1.54, 1.807) is 23.6 Å². The van der Waals surface area contributed by atoms with E-state index in [9.17, 15) is 32.3 Å². The minimum atomic E-state index is -5.13. The summed E-state index contributed by atoms with van der Waals surface area (Å²) in [5.74, 6) is -1.77. The molecule has 8 nitrogen and oxygen atoms in total. The third-order valence-electron chi connectivity index (χ3n) is 5.08. The number of halogens is 3. The molecule has 3 rings (SSSR count). The van der Waals surface area contributed by atoms with Crippen LogP contribution in [0.5, 0.6) is 0 Å². The summed E-state index contributed by atoms with van der Waals surface area (Å²) in [6.45, 7) is -0.434. The quantitative estimate of drug-likeness (QED) is 0.413. The van der Waals surface area contributed by atoms with Gasteiger partial charge in [0.25, 0.3) is 5.91 Å². The van der Waals surface area contributed by atoms with Gasteiger partial charge in [-0.15, -0.1) is 0 Å². The summed E-state index contributed by atoms with van der Waals surface area (Å²) in [5, 5.41) is 5.08. The van der Waals surface area contributed by atoms with Crippen molar-refractivity contribution in [2.45, 2.75) is 37.5 Å². The Labute approximate surface area is 182 Å². The molecule has 1 aromatic carbocycles. The van der Waals surface area contributed by atoms with Crippen LogP contribution in [-0.2, 0) is 13.9 Å². The first-order valence-corrected chi connectivity index (χ1v) is 11.4. The van der Waals surface area contributed by atoms with Crippen LogP contribution < -0.4 is 10.6 Å². The van der Waals surface area contributed by atoms with E-state index in [2.05, 4.69) is 14.8 Å². The molecule has 2 heterocycles. The van der Waals surface area contributed by atoms with Crippen molar-refractivity contribution in [1.82, 2.24) is 15.6 Å². The topological polar surface area (TPSA) is 121 Å². The van der Waals surface area contributed by atoms with Crippen LogP contribution >= 0.6 is 7.82 Å². The average molecular weight is 473 g/mol. The van der Waals surface area contributed by atoms with Gasteiger partial charge in [0.2, 0.25) is 0 Å². The Morgan fingerprint density at radius 3 is 2.41 bits per heavy atom. The number of rotatable bonds is 9. The summed E-state index contributed by atoms with van der Waals surface area (Å²) < 4.78 is 54.6. The van der Waals surface area contributed by atoms with E-state index < -0.39 is 39.0 Å². The molecule has 174 valence electrons. The summed E-state index contributed by atoms with van der Waals surface area (Å²) in [6, 6.07) is 8.31. The number of aromatic nitrogens is 1. The van der Waals surface area contributed by atoms with Gasteiger partial charge in [-0.2, -0.15) is 8.78 Å². The fourth-order valence-corrected chi connectivity index (χ4v) is 4.10. The second-order valence-electron chi connectivity index (χ2n) is 7.33. The second kappa shape index (κ2) is 10.5. The number of alkyl halides is 3. The number of phosphoric ester groups is 1. The van der Waals surface area contributed by atoms with Crippen molar-refractivity contribution < 1.29 is 36.8 Å². The third-order valence-corrected chi connectivity index (χ3v) is 5.59. The Morgan fingerprint density at radius 1 is 1.22 bits per heavy atom. The number of carbonyl (C=O) groups is 1. The zero-order chi connectivity index (χ0) is 23.3. The van der Waals surface area contributed by atoms with E-state index in [0.29, 0.717) is 0 Å². The molecule has 2 aromatic rings. The smallest absolute Gasteiger partial charge is 0.343 e. The van der Waals surface area contributed by atoms with Gasteiger partial charge in [-0.1, -0.05) is 30.3 Å². The average Bonchev–Trinajstić information content (AvgIpc) is 3.30. The number of nitrogens with one attached hydrogen (secondary N) is 2. The van der Waals surface area contributed by atoms with Crippen LogP contribution in [0.4, 0.5) is 13.2 Å². The fraction of sp³-hybridized carbons (Fsp3) is 0.400. The first-order chi connectivity index (χ1) is 15.2. The van der Waals surface area contributed by atoms with E-state index in [0.717, 1.165) is 36.2 Å². The molecule has 0 aliphatic carbocycles. The van der Waals surface area contributed by atoms with Gasteiger partial charge in [0.05, 0.1) is 11.7 Å². The predicted octanol–water partition coefficient (Wildman–Crippen LogP) is 3.04.